The quantitative estimate of drug-likeness (QED) is 0.667. The van der Waals surface area contributed by atoms with Crippen LogP contribution in [0.5, 0.6) is 5.75 Å². The molecule has 1 aliphatic rings. The van der Waals surface area contributed by atoms with E-state index in [4.69, 9.17) is 16.3 Å². The van der Waals surface area contributed by atoms with Gasteiger partial charge in [0.1, 0.15) is 18.5 Å². The summed E-state index contributed by atoms with van der Waals surface area (Å²) < 4.78 is 19.0. The minimum atomic E-state index is -0.923. The lowest BCUT2D eigenvalue weighted by atomic mass is 10.2. The number of amides is 2. The molecule has 2 N–H and O–H groups in total. The van der Waals surface area contributed by atoms with Crippen molar-refractivity contribution in [2.24, 2.45) is 0 Å². The predicted molar refractivity (Wildman–Crippen MR) is 103 cm³/mol. The molecule has 0 spiro atoms. The molecule has 1 aliphatic heterocycles. The Hall–Kier alpha value is -2.32. The lowest BCUT2D eigenvalue weighted by molar-refractivity contribution is 0.204. The third-order valence-corrected chi connectivity index (χ3v) is 5.37. The zero-order chi connectivity index (χ0) is 18.8. The molecule has 0 radical (unpaired) electrons. The summed E-state index contributed by atoms with van der Waals surface area (Å²) in [5.41, 5.74) is 4.30. The largest absolute Gasteiger partial charge is 0.486 e. The number of aromatic amines is 1. The molecule has 4 rings (SSSR count). The number of hydrogen-bond donors (Lipinski definition) is 2. The van der Waals surface area contributed by atoms with Crippen molar-refractivity contribution < 1.29 is 13.9 Å². The SMILES string of the molecule is O=C(NCc1cc2cc(Cl)c(OCc3cscn3)cc2[nH]1)N1CCC(F)C1. The first-order valence-electron chi connectivity index (χ1n) is 8.56. The number of H-pyrrole nitrogens is 1. The molecule has 6 nitrogen and oxygen atoms in total. The second kappa shape index (κ2) is 7.74. The van der Waals surface area contributed by atoms with Crippen molar-refractivity contribution in [3.63, 3.8) is 0 Å². The van der Waals surface area contributed by atoms with Gasteiger partial charge in [0, 0.05) is 34.6 Å². The summed E-state index contributed by atoms with van der Waals surface area (Å²) in [6.45, 7) is 1.29. The smallest absolute Gasteiger partial charge is 0.317 e. The van der Waals surface area contributed by atoms with Crippen LogP contribution in [0.25, 0.3) is 10.9 Å². The number of ether oxygens (including phenoxy) is 1. The van der Waals surface area contributed by atoms with E-state index in [1.54, 1.807) is 5.51 Å². The van der Waals surface area contributed by atoms with Gasteiger partial charge in [-0.1, -0.05) is 11.6 Å². The van der Waals surface area contributed by atoms with E-state index in [9.17, 15) is 9.18 Å². The highest BCUT2D eigenvalue weighted by Crippen LogP contribution is 2.31. The first kappa shape index (κ1) is 18.1. The Balaban J connectivity index is 1.41. The normalized spacial score (nSPS) is 16.8. The molecular formula is C18H18ClFN4O2S. The Labute approximate surface area is 164 Å². The lowest BCUT2D eigenvalue weighted by Gasteiger charge is -2.15. The number of fused-ring (bicyclic) bond motifs is 1. The number of alkyl halides is 1. The summed E-state index contributed by atoms with van der Waals surface area (Å²) in [5.74, 6) is 0.570. The van der Waals surface area contributed by atoms with Crippen LogP contribution < -0.4 is 10.1 Å². The van der Waals surface area contributed by atoms with Crippen LogP contribution in [0.15, 0.2) is 29.1 Å². The fourth-order valence-electron chi connectivity index (χ4n) is 3.04. The second-order valence-electron chi connectivity index (χ2n) is 6.42. The number of aromatic nitrogens is 2. The molecule has 1 unspecified atom stereocenters. The van der Waals surface area contributed by atoms with E-state index in [0.29, 0.717) is 36.9 Å². The molecule has 0 saturated carbocycles. The van der Waals surface area contributed by atoms with Crippen LogP contribution in [0.1, 0.15) is 17.8 Å². The maximum atomic E-state index is 13.2. The summed E-state index contributed by atoms with van der Waals surface area (Å²) in [4.78, 5) is 21.0. The Morgan fingerprint density at radius 3 is 3.11 bits per heavy atom. The fraction of sp³-hybridized carbons (Fsp3) is 0.333. The number of hydrogen-bond acceptors (Lipinski definition) is 4. The minimum Gasteiger partial charge on any atom is -0.486 e. The zero-order valence-corrected chi connectivity index (χ0v) is 15.9. The number of nitrogens with zero attached hydrogens (tertiary/aromatic N) is 2. The van der Waals surface area contributed by atoms with E-state index in [-0.39, 0.29) is 12.6 Å². The minimum absolute atomic E-state index is 0.161. The number of urea groups is 1. The molecule has 2 amide bonds. The molecule has 0 bridgehead atoms. The van der Waals surface area contributed by atoms with Crippen molar-refractivity contribution in [2.45, 2.75) is 25.7 Å². The van der Waals surface area contributed by atoms with Crippen LogP contribution in [0.4, 0.5) is 9.18 Å². The van der Waals surface area contributed by atoms with Gasteiger partial charge >= 0.3 is 6.03 Å². The number of thiazole rings is 1. The monoisotopic (exact) mass is 408 g/mol. The molecular weight excluding hydrogens is 391 g/mol. The third kappa shape index (κ3) is 4.17. The third-order valence-electron chi connectivity index (χ3n) is 4.44. The molecule has 142 valence electrons. The maximum Gasteiger partial charge on any atom is 0.317 e. The molecule has 3 heterocycles. The van der Waals surface area contributed by atoms with E-state index < -0.39 is 6.17 Å². The summed E-state index contributed by atoms with van der Waals surface area (Å²) in [5, 5.41) is 6.18. The van der Waals surface area contributed by atoms with Crippen molar-refractivity contribution in [2.75, 3.05) is 13.1 Å². The van der Waals surface area contributed by atoms with Gasteiger partial charge in [-0.15, -0.1) is 11.3 Å². The highest BCUT2D eigenvalue weighted by molar-refractivity contribution is 7.07. The average molecular weight is 409 g/mol. The zero-order valence-electron chi connectivity index (χ0n) is 14.4. The van der Waals surface area contributed by atoms with E-state index in [1.165, 1.54) is 16.2 Å². The Morgan fingerprint density at radius 1 is 1.48 bits per heavy atom. The van der Waals surface area contributed by atoms with Gasteiger partial charge in [0.05, 0.1) is 29.3 Å². The van der Waals surface area contributed by atoms with Gasteiger partial charge in [-0.3, -0.25) is 0 Å². The molecule has 0 aliphatic carbocycles. The first-order valence-corrected chi connectivity index (χ1v) is 9.88. The van der Waals surface area contributed by atoms with Gasteiger partial charge in [0.15, 0.2) is 0 Å². The van der Waals surface area contributed by atoms with Crippen LogP contribution in [0.2, 0.25) is 5.02 Å². The van der Waals surface area contributed by atoms with E-state index in [0.717, 1.165) is 22.3 Å². The standard InChI is InChI=1S/C18H18ClFN4O2S/c19-15-4-11-3-13(6-21-18(25)24-2-1-12(20)7-24)23-16(11)5-17(15)26-8-14-9-27-10-22-14/h3-5,9-10,12,23H,1-2,6-8H2,(H,21,25). The molecule has 3 aromatic rings. The Kier molecular flexibility index (Phi) is 5.18. The number of rotatable bonds is 5. The van der Waals surface area contributed by atoms with Crippen molar-refractivity contribution in [3.8, 4) is 5.75 Å². The highest BCUT2D eigenvalue weighted by Gasteiger charge is 2.25. The van der Waals surface area contributed by atoms with Gasteiger partial charge < -0.3 is 19.9 Å². The maximum absolute atomic E-state index is 13.2. The van der Waals surface area contributed by atoms with Gasteiger partial charge in [0.2, 0.25) is 0 Å². The molecule has 1 fully saturated rings. The van der Waals surface area contributed by atoms with Crippen molar-refractivity contribution in [3.05, 3.63) is 45.5 Å². The molecule has 27 heavy (non-hydrogen) atoms. The van der Waals surface area contributed by atoms with Crippen molar-refractivity contribution in [1.29, 1.82) is 0 Å². The molecule has 2 aromatic heterocycles. The Morgan fingerprint density at radius 2 is 2.37 bits per heavy atom. The van der Waals surface area contributed by atoms with Gasteiger partial charge in [-0.25, -0.2) is 14.2 Å². The summed E-state index contributed by atoms with van der Waals surface area (Å²) in [7, 11) is 0. The van der Waals surface area contributed by atoms with E-state index in [2.05, 4.69) is 15.3 Å². The second-order valence-corrected chi connectivity index (χ2v) is 7.55. The molecule has 1 saturated heterocycles. The van der Waals surface area contributed by atoms with Gasteiger partial charge in [-0.05, 0) is 18.6 Å². The number of carbonyl (C=O) groups is 1. The lowest BCUT2D eigenvalue weighted by Crippen LogP contribution is -2.38. The summed E-state index contributed by atoms with van der Waals surface area (Å²) >= 11 is 7.82. The summed E-state index contributed by atoms with van der Waals surface area (Å²) in [6, 6.07) is 5.33. The first-order chi connectivity index (χ1) is 13.1. The molecule has 9 heteroatoms. The fourth-order valence-corrected chi connectivity index (χ4v) is 3.81. The highest BCUT2D eigenvalue weighted by atomic mass is 35.5. The van der Waals surface area contributed by atoms with Crippen LogP contribution in [0, 0.1) is 0 Å². The van der Waals surface area contributed by atoms with E-state index in [1.807, 2.05) is 23.6 Å². The number of benzene rings is 1. The summed E-state index contributed by atoms with van der Waals surface area (Å²) in [6.07, 6.45) is -0.518. The predicted octanol–water partition coefficient (Wildman–Crippen LogP) is 4.11. The van der Waals surface area contributed by atoms with Crippen LogP contribution in [-0.4, -0.2) is 40.2 Å². The number of halogens is 2. The average Bonchev–Trinajstić information content (AvgIpc) is 3.38. The van der Waals surface area contributed by atoms with Gasteiger partial charge in [-0.2, -0.15) is 0 Å². The van der Waals surface area contributed by atoms with Crippen LogP contribution >= 0.6 is 22.9 Å². The topological polar surface area (TPSA) is 70.2 Å². The number of likely N-dealkylation sites (tertiary alicyclic amines) is 1. The van der Waals surface area contributed by atoms with Crippen molar-refractivity contribution >= 4 is 39.9 Å². The van der Waals surface area contributed by atoms with Crippen LogP contribution in [0.3, 0.4) is 0 Å². The van der Waals surface area contributed by atoms with Crippen molar-refractivity contribution in [1.82, 2.24) is 20.2 Å². The number of nitrogens with one attached hydrogen (secondary N) is 2. The Bertz CT molecular complexity index is 946. The van der Waals surface area contributed by atoms with E-state index >= 15 is 0 Å². The van der Waals surface area contributed by atoms with Crippen LogP contribution in [-0.2, 0) is 13.2 Å². The molecule has 1 aromatic carbocycles. The number of carbonyl (C=O) groups excluding carboxylic acids is 1. The van der Waals surface area contributed by atoms with Gasteiger partial charge in [0.25, 0.3) is 0 Å². The molecule has 1 atom stereocenters.